The molecule has 122 valence electrons. The molecule has 1 aromatic carbocycles. The maximum Gasteiger partial charge on any atom is 0.270 e. The number of ether oxygens (including phenoxy) is 1. The van der Waals surface area contributed by atoms with Crippen LogP contribution in [0.3, 0.4) is 0 Å². The number of nitrogens with one attached hydrogen (secondary N) is 1. The van der Waals surface area contributed by atoms with Crippen LogP contribution in [0.4, 0.5) is 5.69 Å². The Kier molecular flexibility index (Phi) is 4.81. The second-order valence-electron chi connectivity index (χ2n) is 5.37. The molecule has 9 heteroatoms. The van der Waals surface area contributed by atoms with E-state index in [1.165, 1.54) is 12.1 Å². The monoisotopic (exact) mass is 330 g/mol. The van der Waals surface area contributed by atoms with Gasteiger partial charge in [-0.1, -0.05) is 6.07 Å². The summed E-state index contributed by atoms with van der Waals surface area (Å²) in [7, 11) is -3.94. The van der Waals surface area contributed by atoms with Crippen molar-refractivity contribution in [3.63, 3.8) is 0 Å². The second-order valence-corrected chi connectivity index (χ2v) is 7.10. The molecule has 1 aliphatic heterocycles. The van der Waals surface area contributed by atoms with Crippen molar-refractivity contribution >= 4 is 15.7 Å². The Morgan fingerprint density at radius 3 is 2.64 bits per heavy atom. The van der Waals surface area contributed by atoms with E-state index < -0.39 is 20.5 Å². The van der Waals surface area contributed by atoms with E-state index in [1.807, 2.05) is 0 Å². The zero-order valence-electron chi connectivity index (χ0n) is 12.1. The number of non-ortho nitro benzene ring substituents is 1. The van der Waals surface area contributed by atoms with E-state index in [4.69, 9.17) is 4.74 Å². The van der Waals surface area contributed by atoms with Gasteiger partial charge in [0, 0.05) is 44.7 Å². The van der Waals surface area contributed by atoms with Crippen LogP contribution in [-0.4, -0.2) is 43.8 Å². The highest BCUT2D eigenvalue weighted by Crippen LogP contribution is 2.23. The van der Waals surface area contributed by atoms with Crippen molar-refractivity contribution < 1.29 is 23.2 Å². The maximum absolute atomic E-state index is 12.3. The molecule has 1 aromatic rings. The summed E-state index contributed by atoms with van der Waals surface area (Å²) < 4.78 is 32.1. The highest BCUT2D eigenvalue weighted by atomic mass is 32.2. The van der Waals surface area contributed by atoms with Gasteiger partial charge in [-0.15, -0.1) is 0 Å². The largest absolute Gasteiger partial charge is 0.388 e. The summed E-state index contributed by atoms with van der Waals surface area (Å²) in [5.74, 6) is 0. The van der Waals surface area contributed by atoms with Crippen LogP contribution in [0.2, 0.25) is 0 Å². The summed E-state index contributed by atoms with van der Waals surface area (Å²) in [6.07, 6.45) is 0.673. The molecular weight excluding hydrogens is 312 g/mol. The molecule has 0 aromatic heterocycles. The lowest BCUT2D eigenvalue weighted by atomic mass is 9.95. The molecule has 0 saturated carbocycles. The topological polar surface area (TPSA) is 119 Å². The van der Waals surface area contributed by atoms with Crippen molar-refractivity contribution in [2.24, 2.45) is 0 Å². The fourth-order valence-electron chi connectivity index (χ4n) is 2.23. The standard InChI is InChI=1S/C13H18N2O6S/c1-10-2-3-11(15(17)18)8-12(10)22(19,20)14-9-13(16)4-6-21-7-5-13/h2-3,8,14,16H,4-7,9H2,1H3. The van der Waals surface area contributed by atoms with Crippen LogP contribution in [0.25, 0.3) is 0 Å². The summed E-state index contributed by atoms with van der Waals surface area (Å²) in [5.41, 5.74) is -1.05. The van der Waals surface area contributed by atoms with Crippen LogP contribution in [0, 0.1) is 17.0 Å². The van der Waals surface area contributed by atoms with Gasteiger partial charge in [0.2, 0.25) is 10.0 Å². The lowest BCUT2D eigenvalue weighted by Gasteiger charge is -2.32. The number of hydrogen-bond donors (Lipinski definition) is 2. The number of rotatable bonds is 5. The van der Waals surface area contributed by atoms with Crippen LogP contribution in [-0.2, 0) is 14.8 Å². The first-order chi connectivity index (χ1) is 10.2. The third kappa shape index (κ3) is 3.80. The Labute approximate surface area is 128 Å². The van der Waals surface area contributed by atoms with E-state index in [1.54, 1.807) is 6.92 Å². The van der Waals surface area contributed by atoms with Gasteiger partial charge in [-0.3, -0.25) is 10.1 Å². The lowest BCUT2D eigenvalue weighted by Crippen LogP contribution is -2.46. The molecule has 0 bridgehead atoms. The fourth-order valence-corrected chi connectivity index (χ4v) is 3.61. The molecule has 0 atom stereocenters. The van der Waals surface area contributed by atoms with Gasteiger partial charge in [0.1, 0.15) is 0 Å². The zero-order chi connectivity index (χ0) is 16.4. The number of aryl methyl sites for hydroxylation is 1. The van der Waals surface area contributed by atoms with Crippen LogP contribution in [0.1, 0.15) is 18.4 Å². The normalized spacial score (nSPS) is 18.1. The van der Waals surface area contributed by atoms with Crippen LogP contribution < -0.4 is 4.72 Å². The van der Waals surface area contributed by atoms with Crippen LogP contribution in [0.15, 0.2) is 23.1 Å². The van der Waals surface area contributed by atoms with E-state index in [-0.39, 0.29) is 17.1 Å². The minimum absolute atomic E-state index is 0.152. The average molecular weight is 330 g/mol. The van der Waals surface area contributed by atoms with E-state index in [2.05, 4.69) is 4.72 Å². The number of sulfonamides is 1. The summed E-state index contributed by atoms with van der Waals surface area (Å²) in [5, 5.41) is 21.1. The Hall–Kier alpha value is -1.55. The van der Waals surface area contributed by atoms with Crippen molar-refractivity contribution in [2.45, 2.75) is 30.3 Å². The molecule has 1 heterocycles. The molecule has 2 N–H and O–H groups in total. The third-order valence-electron chi connectivity index (χ3n) is 3.69. The van der Waals surface area contributed by atoms with E-state index in [0.717, 1.165) is 6.07 Å². The van der Waals surface area contributed by atoms with E-state index in [9.17, 15) is 23.6 Å². The van der Waals surface area contributed by atoms with E-state index in [0.29, 0.717) is 31.6 Å². The third-order valence-corrected chi connectivity index (χ3v) is 5.23. The van der Waals surface area contributed by atoms with Crippen LogP contribution >= 0.6 is 0 Å². The molecule has 1 aliphatic rings. The highest BCUT2D eigenvalue weighted by Gasteiger charge is 2.32. The molecule has 2 rings (SSSR count). The molecule has 8 nitrogen and oxygen atoms in total. The molecule has 0 amide bonds. The predicted molar refractivity (Wildman–Crippen MR) is 78.0 cm³/mol. The summed E-state index contributed by atoms with van der Waals surface area (Å²) in [6, 6.07) is 3.65. The van der Waals surface area contributed by atoms with Gasteiger partial charge in [0.15, 0.2) is 0 Å². The minimum atomic E-state index is -3.94. The second kappa shape index (κ2) is 6.29. The molecular formula is C13H18N2O6S. The number of nitrogens with zero attached hydrogens (tertiary/aromatic N) is 1. The van der Waals surface area contributed by atoms with Crippen molar-refractivity contribution in [2.75, 3.05) is 19.8 Å². The molecule has 0 spiro atoms. The van der Waals surface area contributed by atoms with Gasteiger partial charge in [0.25, 0.3) is 5.69 Å². The predicted octanol–water partition coefficient (Wildman–Crippen LogP) is 0.723. The first-order valence-corrected chi connectivity index (χ1v) is 8.27. The highest BCUT2D eigenvalue weighted by molar-refractivity contribution is 7.89. The molecule has 22 heavy (non-hydrogen) atoms. The van der Waals surface area contributed by atoms with Gasteiger partial charge in [-0.2, -0.15) is 0 Å². The van der Waals surface area contributed by atoms with Crippen LogP contribution in [0.5, 0.6) is 0 Å². The van der Waals surface area contributed by atoms with Crippen molar-refractivity contribution in [1.82, 2.24) is 4.72 Å². The molecule has 0 unspecified atom stereocenters. The molecule has 1 fully saturated rings. The Morgan fingerprint density at radius 1 is 1.41 bits per heavy atom. The van der Waals surface area contributed by atoms with Gasteiger partial charge < -0.3 is 9.84 Å². The minimum Gasteiger partial charge on any atom is -0.388 e. The Balaban J connectivity index is 2.19. The van der Waals surface area contributed by atoms with E-state index >= 15 is 0 Å². The maximum atomic E-state index is 12.3. The average Bonchev–Trinajstić information content (AvgIpc) is 2.46. The Bertz CT molecular complexity index is 667. The summed E-state index contributed by atoms with van der Waals surface area (Å²) in [4.78, 5) is 9.98. The van der Waals surface area contributed by atoms with Crippen molar-refractivity contribution in [3.8, 4) is 0 Å². The summed E-state index contributed by atoms with van der Waals surface area (Å²) >= 11 is 0. The number of nitro groups is 1. The van der Waals surface area contributed by atoms with Crippen molar-refractivity contribution in [3.05, 3.63) is 33.9 Å². The Morgan fingerprint density at radius 2 is 2.05 bits per heavy atom. The molecule has 0 radical (unpaired) electrons. The fraction of sp³-hybridized carbons (Fsp3) is 0.538. The molecule has 0 aliphatic carbocycles. The number of nitro benzene ring substituents is 1. The smallest absolute Gasteiger partial charge is 0.270 e. The molecule has 1 saturated heterocycles. The quantitative estimate of drug-likeness (QED) is 0.606. The SMILES string of the molecule is Cc1ccc([N+](=O)[O-])cc1S(=O)(=O)NCC1(O)CCOCC1. The van der Waals surface area contributed by atoms with Gasteiger partial charge in [-0.05, 0) is 12.5 Å². The summed E-state index contributed by atoms with van der Waals surface area (Å²) in [6.45, 7) is 2.14. The lowest BCUT2D eigenvalue weighted by molar-refractivity contribution is -0.385. The van der Waals surface area contributed by atoms with Gasteiger partial charge in [-0.25, -0.2) is 13.1 Å². The number of hydrogen-bond acceptors (Lipinski definition) is 6. The first kappa shape index (κ1) is 16.8. The zero-order valence-corrected chi connectivity index (χ0v) is 12.9. The number of aliphatic hydroxyl groups is 1. The van der Waals surface area contributed by atoms with Gasteiger partial charge in [0.05, 0.1) is 15.4 Å². The number of benzene rings is 1. The van der Waals surface area contributed by atoms with Gasteiger partial charge >= 0.3 is 0 Å². The first-order valence-electron chi connectivity index (χ1n) is 6.78. The van der Waals surface area contributed by atoms with Crippen molar-refractivity contribution in [1.29, 1.82) is 0 Å².